The highest BCUT2D eigenvalue weighted by Gasteiger charge is 2.29. The van der Waals surface area contributed by atoms with Crippen molar-refractivity contribution < 1.29 is 31.5 Å². The number of nitrogens with two attached hydrogens (primary N) is 1. The van der Waals surface area contributed by atoms with Crippen LogP contribution in [0.2, 0.25) is 5.02 Å². The molecule has 0 aromatic heterocycles. The first-order valence-electron chi connectivity index (χ1n) is 8.95. The zero-order valence-electron chi connectivity index (χ0n) is 17.0. The van der Waals surface area contributed by atoms with Crippen molar-refractivity contribution in [3.8, 4) is 5.75 Å². The number of phenolic OH excluding ortho intramolecular Hbond substituents is 1. The normalized spacial score (nSPS) is 12.4. The predicted octanol–water partition coefficient (Wildman–Crippen LogP) is 2.63. The topological polar surface area (TPSA) is 153 Å². The number of carbonyl (C=O) groups is 1. The molecule has 9 nitrogen and oxygen atoms in total. The molecule has 170 valence electrons. The van der Waals surface area contributed by atoms with E-state index in [0.717, 1.165) is 12.1 Å². The van der Waals surface area contributed by atoms with E-state index in [1.165, 1.54) is 0 Å². The van der Waals surface area contributed by atoms with Gasteiger partial charge in [0, 0.05) is 11.1 Å². The van der Waals surface area contributed by atoms with Crippen LogP contribution in [0.3, 0.4) is 0 Å². The highest BCUT2D eigenvalue weighted by Crippen LogP contribution is 2.32. The molecule has 0 saturated heterocycles. The van der Waals surface area contributed by atoms with Gasteiger partial charge in [0.2, 0.25) is 20.0 Å². The van der Waals surface area contributed by atoms with Crippen LogP contribution in [0.25, 0.3) is 0 Å². The zero-order valence-corrected chi connectivity index (χ0v) is 19.4. The molecule has 31 heavy (non-hydrogen) atoms. The molecular weight excluding hydrogens is 468 g/mol. The van der Waals surface area contributed by atoms with Gasteiger partial charge in [-0.05, 0) is 51.0 Å². The highest BCUT2D eigenvalue weighted by molar-refractivity contribution is 7.93. The molecule has 4 N–H and O–H groups in total. The number of sulfonamides is 2. The first-order chi connectivity index (χ1) is 14.1. The Bertz CT molecular complexity index is 1190. The summed E-state index contributed by atoms with van der Waals surface area (Å²) in [5.41, 5.74) is -1.37. The number of aromatic hydroxyl groups is 1. The lowest BCUT2D eigenvalue weighted by atomic mass is 10.1. The maximum atomic E-state index is 12.7. The van der Waals surface area contributed by atoms with Gasteiger partial charge >= 0.3 is 5.97 Å². The smallest absolute Gasteiger partial charge is 0.340 e. The summed E-state index contributed by atoms with van der Waals surface area (Å²) in [6.07, 6.45) is 0.0943. The lowest BCUT2D eigenvalue weighted by molar-refractivity contribution is 0.00701. The van der Waals surface area contributed by atoms with Crippen LogP contribution in [0.15, 0.2) is 41.3 Å². The van der Waals surface area contributed by atoms with E-state index in [2.05, 4.69) is 4.72 Å². The number of aryl methyl sites for hydroxylation is 1. The molecule has 2 rings (SSSR count). The van der Waals surface area contributed by atoms with Crippen molar-refractivity contribution in [2.75, 3.05) is 10.5 Å². The summed E-state index contributed by atoms with van der Waals surface area (Å²) < 4.78 is 56.7. The summed E-state index contributed by atoms with van der Waals surface area (Å²) >= 11 is 5.81. The lowest BCUT2D eigenvalue weighted by Crippen LogP contribution is -2.27. The van der Waals surface area contributed by atoms with Crippen LogP contribution >= 0.6 is 11.6 Å². The number of anilines is 1. The minimum atomic E-state index is -4.51. The van der Waals surface area contributed by atoms with Crippen LogP contribution in [0.1, 0.15) is 36.7 Å². The number of hydrogen-bond donors (Lipinski definition) is 3. The molecule has 2 aromatic rings. The van der Waals surface area contributed by atoms with E-state index in [-0.39, 0.29) is 6.42 Å². The summed E-state index contributed by atoms with van der Waals surface area (Å²) in [6, 6.07) is 8.17. The monoisotopic (exact) mass is 490 g/mol. The minimum Gasteiger partial charge on any atom is -0.508 e. The average molecular weight is 491 g/mol. The van der Waals surface area contributed by atoms with Crippen LogP contribution in [0, 0.1) is 0 Å². The van der Waals surface area contributed by atoms with Gasteiger partial charge in [-0.3, -0.25) is 4.72 Å². The van der Waals surface area contributed by atoms with Crippen molar-refractivity contribution in [3.05, 3.63) is 52.5 Å². The number of nitrogens with one attached hydrogen (secondary N) is 1. The molecule has 0 unspecified atom stereocenters. The highest BCUT2D eigenvalue weighted by atomic mass is 35.5. The van der Waals surface area contributed by atoms with Crippen molar-refractivity contribution in [2.45, 2.75) is 37.7 Å². The molecule has 0 heterocycles. The Kier molecular flexibility index (Phi) is 7.26. The Morgan fingerprint density at radius 1 is 1.13 bits per heavy atom. The Morgan fingerprint density at radius 3 is 2.23 bits per heavy atom. The van der Waals surface area contributed by atoms with Gasteiger partial charge in [0.1, 0.15) is 16.2 Å². The molecule has 0 aliphatic rings. The molecular formula is C19H23ClN2O7S2. The number of phenols is 1. The predicted molar refractivity (Wildman–Crippen MR) is 117 cm³/mol. The molecule has 0 amide bonds. The van der Waals surface area contributed by atoms with E-state index in [1.807, 2.05) is 0 Å². The van der Waals surface area contributed by atoms with Gasteiger partial charge in [0.15, 0.2) is 0 Å². The Balaban J connectivity index is 2.46. The van der Waals surface area contributed by atoms with Gasteiger partial charge < -0.3 is 9.84 Å². The number of carbonyl (C=O) groups excluding carboxylic acids is 1. The van der Waals surface area contributed by atoms with Gasteiger partial charge in [0.05, 0.1) is 17.0 Å². The van der Waals surface area contributed by atoms with Crippen LogP contribution in [0.4, 0.5) is 5.69 Å². The summed E-state index contributed by atoms with van der Waals surface area (Å²) in [5, 5.41) is 15.6. The lowest BCUT2D eigenvalue weighted by Gasteiger charge is -2.22. The second kappa shape index (κ2) is 9.03. The number of hydrogen-bond acceptors (Lipinski definition) is 7. The van der Waals surface area contributed by atoms with Crippen LogP contribution in [-0.2, 0) is 31.2 Å². The third-order valence-corrected chi connectivity index (χ3v) is 6.29. The SMILES string of the molecule is CC(C)(C)OC(=O)c1cc(O)cc(S(N)(=O)=O)c1NS(=O)(=O)CCc1ccc(Cl)cc1. The van der Waals surface area contributed by atoms with E-state index >= 15 is 0 Å². The number of halogens is 1. The maximum Gasteiger partial charge on any atom is 0.340 e. The molecule has 0 bridgehead atoms. The molecule has 0 radical (unpaired) electrons. The average Bonchev–Trinajstić information content (AvgIpc) is 2.60. The molecule has 0 fully saturated rings. The van der Waals surface area contributed by atoms with Gasteiger partial charge in [-0.2, -0.15) is 0 Å². The quantitative estimate of drug-likeness (QED) is 0.398. The van der Waals surface area contributed by atoms with Crippen LogP contribution in [0.5, 0.6) is 5.75 Å². The van der Waals surface area contributed by atoms with Crippen molar-refractivity contribution in [1.82, 2.24) is 0 Å². The summed E-state index contributed by atoms with van der Waals surface area (Å²) in [5.74, 6) is -2.06. The fraction of sp³-hybridized carbons (Fsp3) is 0.316. The van der Waals surface area contributed by atoms with E-state index in [1.54, 1.807) is 45.0 Å². The van der Waals surface area contributed by atoms with Crippen molar-refractivity contribution in [1.29, 1.82) is 0 Å². The third kappa shape index (κ3) is 7.39. The third-order valence-electron chi connectivity index (χ3n) is 3.84. The fourth-order valence-corrected chi connectivity index (χ4v) is 4.59. The first-order valence-corrected chi connectivity index (χ1v) is 12.5. The van der Waals surface area contributed by atoms with Crippen LogP contribution in [-0.4, -0.2) is 39.3 Å². The summed E-state index contributed by atoms with van der Waals surface area (Å²) in [4.78, 5) is 11.8. The first kappa shape index (κ1) is 24.9. The largest absolute Gasteiger partial charge is 0.508 e. The summed E-state index contributed by atoms with van der Waals surface area (Å²) in [7, 11) is -8.64. The molecule has 12 heteroatoms. The summed E-state index contributed by atoms with van der Waals surface area (Å²) in [6.45, 7) is 4.72. The molecule has 0 atom stereocenters. The fourth-order valence-electron chi connectivity index (χ4n) is 2.53. The van der Waals surface area contributed by atoms with E-state index in [9.17, 15) is 26.7 Å². The molecule has 0 saturated carbocycles. The van der Waals surface area contributed by atoms with E-state index in [4.69, 9.17) is 21.5 Å². The Morgan fingerprint density at radius 2 is 1.71 bits per heavy atom. The number of primary sulfonamides is 1. The number of rotatable bonds is 7. The Labute approximate surface area is 186 Å². The van der Waals surface area contributed by atoms with Crippen molar-refractivity contribution >= 4 is 43.3 Å². The maximum absolute atomic E-state index is 12.7. The van der Waals surface area contributed by atoms with Gasteiger partial charge in [0.25, 0.3) is 0 Å². The molecule has 0 aliphatic carbocycles. The second-order valence-corrected chi connectivity index (χ2v) is 11.5. The standard InChI is InChI=1S/C19H23ClN2O7S2/c1-19(2,3)29-18(24)15-10-14(23)11-16(31(21,27)28)17(15)22-30(25,26)9-8-12-4-6-13(20)7-5-12/h4-7,10-11,22-23H,8-9H2,1-3H3,(H2,21,27,28). The number of ether oxygens (including phenoxy) is 1. The van der Waals surface area contributed by atoms with E-state index in [0.29, 0.717) is 10.6 Å². The van der Waals surface area contributed by atoms with Crippen molar-refractivity contribution in [2.24, 2.45) is 5.14 Å². The minimum absolute atomic E-state index is 0.0943. The van der Waals surface area contributed by atoms with Gasteiger partial charge in [-0.1, -0.05) is 23.7 Å². The zero-order chi connectivity index (χ0) is 23.6. The number of esters is 1. The van der Waals surface area contributed by atoms with Crippen LogP contribution < -0.4 is 9.86 Å². The van der Waals surface area contributed by atoms with E-state index < -0.39 is 59.3 Å². The molecule has 0 aliphatic heterocycles. The Hall–Kier alpha value is -2.34. The molecule has 2 aromatic carbocycles. The van der Waals surface area contributed by atoms with Crippen molar-refractivity contribution in [3.63, 3.8) is 0 Å². The van der Waals surface area contributed by atoms with Gasteiger partial charge in [-0.25, -0.2) is 26.8 Å². The second-order valence-electron chi connectivity index (χ2n) is 7.71. The molecule has 0 spiro atoms. The van der Waals surface area contributed by atoms with Gasteiger partial charge in [-0.15, -0.1) is 0 Å². The number of benzene rings is 2.